The second-order valence-electron chi connectivity index (χ2n) is 3.69. The van der Waals surface area contributed by atoms with Crippen LogP contribution >= 0.6 is 0 Å². The molecule has 102 valence electrons. The van der Waals surface area contributed by atoms with Gasteiger partial charge in [-0.25, -0.2) is 9.59 Å². The monoisotopic (exact) mass is 274 g/mol. The van der Waals surface area contributed by atoms with Gasteiger partial charge in [0.15, 0.2) is 0 Å². The first-order chi connectivity index (χ1) is 8.84. The molecule has 0 bridgehead atoms. The minimum absolute atomic E-state index is 0.0108. The fourth-order valence-electron chi connectivity index (χ4n) is 1.65. The van der Waals surface area contributed by atoms with Gasteiger partial charge in [-0.15, -0.1) is 0 Å². The van der Waals surface area contributed by atoms with Gasteiger partial charge < -0.3 is 9.72 Å². The normalized spacial score (nSPS) is 11.8. The van der Waals surface area contributed by atoms with E-state index in [-0.39, 0.29) is 17.6 Å². The lowest BCUT2D eigenvalue weighted by Gasteiger charge is -2.07. The number of hydrogen-bond donors (Lipinski definition) is 1. The average Bonchev–Trinajstić information content (AvgIpc) is 2.62. The van der Waals surface area contributed by atoms with Crippen LogP contribution in [0.5, 0.6) is 0 Å². The van der Waals surface area contributed by atoms with Gasteiger partial charge in [0.25, 0.3) is 0 Å². The van der Waals surface area contributed by atoms with Gasteiger partial charge in [-0.2, -0.15) is 17.7 Å². The van der Waals surface area contributed by atoms with Crippen molar-refractivity contribution in [2.45, 2.75) is 13.1 Å². The summed E-state index contributed by atoms with van der Waals surface area (Å²) in [6.45, 7) is 1.54. The largest absolute Gasteiger partial charge is 0.449 e. The maximum atomic E-state index is 12.6. The number of halogens is 3. The Morgan fingerprint density at radius 2 is 2.11 bits per heavy atom. The van der Waals surface area contributed by atoms with E-state index in [9.17, 15) is 22.8 Å². The highest BCUT2D eigenvalue weighted by Crippen LogP contribution is 2.30. The van der Waals surface area contributed by atoms with Crippen molar-refractivity contribution in [1.29, 1.82) is 0 Å². The lowest BCUT2D eigenvalue weighted by Crippen LogP contribution is -2.25. The van der Waals surface area contributed by atoms with Crippen LogP contribution in [0.2, 0.25) is 0 Å². The number of alkyl halides is 3. The molecule has 0 aliphatic heterocycles. The van der Waals surface area contributed by atoms with Crippen molar-refractivity contribution in [3.63, 3.8) is 0 Å². The van der Waals surface area contributed by atoms with Crippen molar-refractivity contribution in [1.82, 2.24) is 9.55 Å². The predicted octanol–water partition coefficient (Wildman–Crippen LogP) is 2.35. The van der Waals surface area contributed by atoms with Crippen LogP contribution in [0.15, 0.2) is 23.0 Å². The third-order valence-corrected chi connectivity index (χ3v) is 2.46. The van der Waals surface area contributed by atoms with Crippen molar-refractivity contribution >= 4 is 17.1 Å². The molecule has 1 aromatic heterocycles. The Morgan fingerprint density at radius 1 is 1.42 bits per heavy atom. The molecule has 0 aliphatic carbocycles. The number of benzene rings is 1. The minimum Gasteiger partial charge on any atom is -0.449 e. The number of fused-ring (bicyclic) bond motifs is 1. The molecule has 1 aromatic carbocycles. The number of aromatic nitrogens is 2. The molecule has 5 nitrogen and oxygen atoms in total. The quantitative estimate of drug-likeness (QED) is 0.868. The number of aromatic amines is 1. The summed E-state index contributed by atoms with van der Waals surface area (Å²) in [5.74, 6) is 0. The molecule has 0 aliphatic rings. The van der Waals surface area contributed by atoms with Crippen LogP contribution in [0.3, 0.4) is 0 Å². The van der Waals surface area contributed by atoms with Crippen LogP contribution in [0.25, 0.3) is 11.0 Å². The Hall–Kier alpha value is -2.25. The summed E-state index contributed by atoms with van der Waals surface area (Å²) < 4.78 is 42.9. The van der Waals surface area contributed by atoms with E-state index in [2.05, 4.69) is 9.72 Å². The van der Waals surface area contributed by atoms with Crippen LogP contribution < -0.4 is 5.69 Å². The Morgan fingerprint density at radius 3 is 2.68 bits per heavy atom. The molecule has 0 saturated heterocycles. The molecule has 8 heteroatoms. The number of hydrogen-bond acceptors (Lipinski definition) is 3. The second-order valence-corrected chi connectivity index (χ2v) is 3.69. The lowest BCUT2D eigenvalue weighted by atomic mass is 10.2. The van der Waals surface area contributed by atoms with E-state index in [1.54, 1.807) is 0 Å². The zero-order chi connectivity index (χ0) is 14.2. The summed E-state index contributed by atoms with van der Waals surface area (Å²) in [6.07, 6.45) is -5.57. The van der Waals surface area contributed by atoms with Gasteiger partial charge in [-0.05, 0) is 25.1 Å². The van der Waals surface area contributed by atoms with Crippen molar-refractivity contribution in [2.75, 3.05) is 6.61 Å². The van der Waals surface area contributed by atoms with Gasteiger partial charge in [0.2, 0.25) is 0 Å². The second kappa shape index (κ2) is 4.45. The highest BCUT2D eigenvalue weighted by molar-refractivity contribution is 5.86. The SMILES string of the molecule is CCOC(=O)n1c(=O)[nH]c2ccc(C(F)(F)F)cc21. The van der Waals surface area contributed by atoms with E-state index >= 15 is 0 Å². The minimum atomic E-state index is -4.55. The zero-order valence-electron chi connectivity index (χ0n) is 9.75. The lowest BCUT2D eigenvalue weighted by molar-refractivity contribution is -0.137. The smallest absolute Gasteiger partial charge is 0.422 e. The molecule has 1 heterocycles. The van der Waals surface area contributed by atoms with Crippen LogP contribution in [0.1, 0.15) is 12.5 Å². The maximum Gasteiger partial charge on any atom is 0.422 e. The molecule has 0 atom stereocenters. The van der Waals surface area contributed by atoms with Gasteiger partial charge in [-0.1, -0.05) is 0 Å². The molecule has 0 saturated carbocycles. The summed E-state index contributed by atoms with van der Waals surface area (Å²) in [4.78, 5) is 25.4. The third-order valence-electron chi connectivity index (χ3n) is 2.46. The number of nitrogens with one attached hydrogen (secondary N) is 1. The van der Waals surface area contributed by atoms with Gasteiger partial charge in [-0.3, -0.25) is 0 Å². The van der Waals surface area contributed by atoms with Gasteiger partial charge in [0.1, 0.15) is 0 Å². The topological polar surface area (TPSA) is 64.1 Å². The van der Waals surface area contributed by atoms with E-state index in [1.807, 2.05) is 0 Å². The summed E-state index contributed by atoms with van der Waals surface area (Å²) in [5, 5.41) is 0. The molecule has 0 spiro atoms. The van der Waals surface area contributed by atoms with Crippen molar-refractivity contribution in [2.24, 2.45) is 0 Å². The van der Waals surface area contributed by atoms with Crippen LogP contribution in [0.4, 0.5) is 18.0 Å². The number of carbonyl (C=O) groups is 1. The zero-order valence-corrected chi connectivity index (χ0v) is 9.75. The fourth-order valence-corrected chi connectivity index (χ4v) is 1.65. The summed E-state index contributed by atoms with van der Waals surface area (Å²) in [5.41, 5.74) is -1.82. The Kier molecular flexibility index (Phi) is 3.09. The first kappa shape index (κ1) is 13.2. The molecule has 2 rings (SSSR count). The molecule has 0 amide bonds. The van der Waals surface area contributed by atoms with Crippen LogP contribution in [-0.2, 0) is 10.9 Å². The Bertz CT molecular complexity index is 685. The molecule has 2 aromatic rings. The molecule has 1 N–H and O–H groups in total. The number of imidazole rings is 1. The Balaban J connectivity index is 2.66. The Labute approximate surface area is 104 Å². The number of nitrogens with zero attached hydrogens (tertiary/aromatic N) is 1. The summed E-state index contributed by atoms with van der Waals surface area (Å²) in [6, 6.07) is 2.65. The van der Waals surface area contributed by atoms with E-state index in [0.29, 0.717) is 4.57 Å². The first-order valence-corrected chi connectivity index (χ1v) is 5.33. The average molecular weight is 274 g/mol. The maximum absolute atomic E-state index is 12.6. The molecular formula is C11H9F3N2O3. The summed E-state index contributed by atoms with van der Waals surface area (Å²) >= 11 is 0. The first-order valence-electron chi connectivity index (χ1n) is 5.33. The van der Waals surface area contributed by atoms with Crippen molar-refractivity contribution in [3.05, 3.63) is 34.2 Å². The van der Waals surface area contributed by atoms with E-state index in [0.717, 1.165) is 18.2 Å². The highest BCUT2D eigenvalue weighted by Gasteiger charge is 2.31. The molecule has 0 radical (unpaired) electrons. The highest BCUT2D eigenvalue weighted by atomic mass is 19.4. The standard InChI is InChI=1S/C11H9F3N2O3/c1-2-19-10(18)16-8-5-6(11(12,13)14)3-4-7(8)15-9(16)17/h3-5H,2H2,1H3,(H,15,17). The summed E-state index contributed by atoms with van der Waals surface area (Å²) in [7, 11) is 0. The predicted molar refractivity (Wildman–Crippen MR) is 60.0 cm³/mol. The third kappa shape index (κ3) is 2.33. The van der Waals surface area contributed by atoms with Crippen LogP contribution in [0, 0.1) is 0 Å². The van der Waals surface area contributed by atoms with Gasteiger partial charge in [0.05, 0.1) is 23.2 Å². The molecule has 19 heavy (non-hydrogen) atoms. The van der Waals surface area contributed by atoms with Crippen molar-refractivity contribution < 1.29 is 22.7 Å². The van der Waals surface area contributed by atoms with Gasteiger partial charge >= 0.3 is 18.0 Å². The van der Waals surface area contributed by atoms with Gasteiger partial charge in [0, 0.05) is 0 Å². The fraction of sp³-hybridized carbons (Fsp3) is 0.273. The molecule has 0 fully saturated rings. The molecule has 0 unspecified atom stereocenters. The molecular weight excluding hydrogens is 265 g/mol. The number of ether oxygens (including phenoxy) is 1. The van der Waals surface area contributed by atoms with E-state index in [4.69, 9.17) is 0 Å². The van der Waals surface area contributed by atoms with Crippen molar-refractivity contribution in [3.8, 4) is 0 Å². The van der Waals surface area contributed by atoms with E-state index < -0.39 is 23.5 Å². The number of carbonyl (C=O) groups excluding carboxylic acids is 1. The van der Waals surface area contributed by atoms with E-state index in [1.165, 1.54) is 6.92 Å². The number of rotatable bonds is 1. The number of H-pyrrole nitrogens is 1. The van der Waals surface area contributed by atoms with Crippen LogP contribution in [-0.4, -0.2) is 22.3 Å².